The summed E-state index contributed by atoms with van der Waals surface area (Å²) in [4.78, 5) is 26.9. The summed E-state index contributed by atoms with van der Waals surface area (Å²) in [6.45, 7) is 5.68. The first-order chi connectivity index (χ1) is 12.5. The van der Waals surface area contributed by atoms with E-state index in [1.807, 2.05) is 17.9 Å². The minimum Gasteiger partial charge on any atom is -0.339 e. The highest BCUT2D eigenvalue weighted by atomic mass is 35.5. The number of nitrogens with one attached hydrogen (secondary N) is 1. The lowest BCUT2D eigenvalue weighted by atomic mass is 9.98. The van der Waals surface area contributed by atoms with E-state index in [1.54, 1.807) is 36.4 Å². The molecule has 0 atom stereocenters. The molecule has 0 aromatic heterocycles. The van der Waals surface area contributed by atoms with Crippen LogP contribution in [0, 0.1) is 12.8 Å². The zero-order chi connectivity index (χ0) is 18.7. The summed E-state index contributed by atoms with van der Waals surface area (Å²) >= 11 is 6.09. The molecule has 5 heteroatoms. The van der Waals surface area contributed by atoms with Crippen molar-refractivity contribution in [3.8, 4) is 0 Å². The predicted octanol–water partition coefficient (Wildman–Crippen LogP) is 4.77. The van der Waals surface area contributed by atoms with Gasteiger partial charge in [0, 0.05) is 34.9 Å². The first-order valence-corrected chi connectivity index (χ1v) is 9.29. The molecule has 0 bridgehead atoms. The molecule has 1 aliphatic rings. The number of halogens is 1. The summed E-state index contributed by atoms with van der Waals surface area (Å²) < 4.78 is 0. The second-order valence-electron chi connectivity index (χ2n) is 6.92. The molecular weight excluding hydrogens is 348 g/mol. The van der Waals surface area contributed by atoms with Crippen molar-refractivity contribution in [3.63, 3.8) is 0 Å². The third-order valence-electron chi connectivity index (χ3n) is 4.98. The van der Waals surface area contributed by atoms with Crippen LogP contribution >= 0.6 is 11.6 Å². The number of benzene rings is 2. The molecule has 0 radical (unpaired) electrons. The van der Waals surface area contributed by atoms with Crippen LogP contribution in [-0.4, -0.2) is 29.8 Å². The molecule has 3 rings (SSSR count). The van der Waals surface area contributed by atoms with E-state index in [0.717, 1.165) is 31.5 Å². The first-order valence-electron chi connectivity index (χ1n) is 8.91. The summed E-state index contributed by atoms with van der Waals surface area (Å²) in [5, 5.41) is 3.48. The van der Waals surface area contributed by atoms with Gasteiger partial charge in [-0.3, -0.25) is 9.59 Å². The number of hydrogen-bond acceptors (Lipinski definition) is 2. The first kappa shape index (κ1) is 18.5. The molecule has 4 nitrogen and oxygen atoms in total. The maximum absolute atomic E-state index is 12.6. The molecule has 0 saturated carbocycles. The van der Waals surface area contributed by atoms with Crippen molar-refractivity contribution in [2.75, 3.05) is 18.4 Å². The molecule has 136 valence electrons. The summed E-state index contributed by atoms with van der Waals surface area (Å²) in [5.74, 6) is 0.496. The van der Waals surface area contributed by atoms with Crippen molar-refractivity contribution < 1.29 is 9.59 Å². The van der Waals surface area contributed by atoms with Crippen molar-refractivity contribution in [1.82, 2.24) is 4.90 Å². The van der Waals surface area contributed by atoms with Crippen LogP contribution < -0.4 is 5.32 Å². The van der Waals surface area contributed by atoms with Crippen LogP contribution in [0.15, 0.2) is 42.5 Å². The summed E-state index contributed by atoms with van der Waals surface area (Å²) in [6, 6.07) is 12.2. The molecule has 0 unspecified atom stereocenters. The average molecular weight is 371 g/mol. The monoisotopic (exact) mass is 370 g/mol. The van der Waals surface area contributed by atoms with Gasteiger partial charge >= 0.3 is 0 Å². The number of likely N-dealkylation sites (tertiary alicyclic amines) is 1. The van der Waals surface area contributed by atoms with Crippen LogP contribution in [0.5, 0.6) is 0 Å². The van der Waals surface area contributed by atoms with Gasteiger partial charge in [-0.15, -0.1) is 0 Å². The topological polar surface area (TPSA) is 49.4 Å². The highest BCUT2D eigenvalue weighted by Crippen LogP contribution is 2.23. The summed E-state index contributed by atoms with van der Waals surface area (Å²) in [6.07, 6.45) is 2.09. The van der Waals surface area contributed by atoms with Crippen molar-refractivity contribution in [3.05, 3.63) is 64.2 Å². The second-order valence-corrected chi connectivity index (χ2v) is 7.33. The van der Waals surface area contributed by atoms with E-state index in [1.165, 1.54) is 0 Å². The van der Waals surface area contributed by atoms with Crippen LogP contribution in [0.3, 0.4) is 0 Å². The van der Waals surface area contributed by atoms with E-state index in [-0.39, 0.29) is 11.8 Å². The normalized spacial score (nSPS) is 15.0. The maximum atomic E-state index is 12.6. The highest BCUT2D eigenvalue weighted by molar-refractivity contribution is 6.31. The number of piperidine rings is 1. The van der Waals surface area contributed by atoms with E-state index >= 15 is 0 Å². The van der Waals surface area contributed by atoms with Crippen molar-refractivity contribution in [1.29, 1.82) is 0 Å². The Bertz CT molecular complexity index is 809. The number of carbonyl (C=O) groups excluding carboxylic acids is 2. The maximum Gasteiger partial charge on any atom is 0.255 e. The minimum absolute atomic E-state index is 0.0366. The quantitative estimate of drug-likeness (QED) is 0.845. The fraction of sp³-hybridized carbons (Fsp3) is 0.333. The van der Waals surface area contributed by atoms with Crippen LogP contribution in [-0.2, 0) is 0 Å². The van der Waals surface area contributed by atoms with Gasteiger partial charge in [0.25, 0.3) is 11.8 Å². The van der Waals surface area contributed by atoms with Gasteiger partial charge in [0.15, 0.2) is 0 Å². The molecule has 1 N–H and O–H groups in total. The lowest BCUT2D eigenvalue weighted by molar-refractivity contribution is 0.0697. The molecule has 1 fully saturated rings. The van der Waals surface area contributed by atoms with Crippen molar-refractivity contribution in [2.24, 2.45) is 5.92 Å². The number of carbonyl (C=O) groups is 2. The van der Waals surface area contributed by atoms with E-state index in [4.69, 9.17) is 11.6 Å². The number of rotatable bonds is 3. The van der Waals surface area contributed by atoms with Crippen LogP contribution in [0.4, 0.5) is 5.69 Å². The van der Waals surface area contributed by atoms with Crippen molar-refractivity contribution >= 4 is 29.1 Å². The molecular formula is C21H23ClN2O2. The average Bonchev–Trinajstić information content (AvgIpc) is 2.65. The molecule has 1 saturated heterocycles. The fourth-order valence-electron chi connectivity index (χ4n) is 3.10. The number of amides is 2. The third-order valence-corrected chi connectivity index (χ3v) is 5.39. The Labute approximate surface area is 159 Å². The largest absolute Gasteiger partial charge is 0.339 e. The lowest BCUT2D eigenvalue weighted by Gasteiger charge is -2.30. The van der Waals surface area contributed by atoms with E-state index < -0.39 is 0 Å². The fourth-order valence-corrected chi connectivity index (χ4v) is 3.27. The van der Waals surface area contributed by atoms with Gasteiger partial charge in [-0.1, -0.05) is 24.6 Å². The van der Waals surface area contributed by atoms with E-state index in [2.05, 4.69) is 12.2 Å². The SMILES string of the molecule is Cc1c(Cl)cccc1NC(=O)c1ccc(C(=O)N2CCC(C)CC2)cc1. The molecule has 2 aromatic rings. The van der Waals surface area contributed by atoms with Gasteiger partial charge in [-0.25, -0.2) is 0 Å². The third kappa shape index (κ3) is 4.07. The standard InChI is InChI=1S/C21H23ClN2O2/c1-14-10-12-24(13-11-14)21(26)17-8-6-16(7-9-17)20(25)23-19-5-3-4-18(22)15(19)2/h3-9,14H,10-13H2,1-2H3,(H,23,25). The highest BCUT2D eigenvalue weighted by Gasteiger charge is 2.21. The minimum atomic E-state index is -0.221. The molecule has 0 spiro atoms. The van der Waals surface area contributed by atoms with Crippen molar-refractivity contribution in [2.45, 2.75) is 26.7 Å². The van der Waals surface area contributed by atoms with Crippen LogP contribution in [0.1, 0.15) is 46.0 Å². The molecule has 0 aliphatic carbocycles. The molecule has 26 heavy (non-hydrogen) atoms. The molecule has 2 amide bonds. The number of hydrogen-bond donors (Lipinski definition) is 1. The zero-order valence-electron chi connectivity index (χ0n) is 15.1. The zero-order valence-corrected chi connectivity index (χ0v) is 15.8. The second kappa shape index (κ2) is 7.92. The molecule has 2 aromatic carbocycles. The Morgan fingerprint density at radius 3 is 2.31 bits per heavy atom. The van der Waals surface area contributed by atoms with E-state index in [9.17, 15) is 9.59 Å². The Kier molecular flexibility index (Phi) is 5.62. The molecule has 1 aliphatic heterocycles. The summed E-state index contributed by atoms with van der Waals surface area (Å²) in [7, 11) is 0. The van der Waals surface area contributed by atoms with Crippen LogP contribution in [0.2, 0.25) is 5.02 Å². The Morgan fingerprint density at radius 1 is 1.04 bits per heavy atom. The van der Waals surface area contributed by atoms with Gasteiger partial charge in [0.05, 0.1) is 0 Å². The van der Waals surface area contributed by atoms with Crippen LogP contribution in [0.25, 0.3) is 0 Å². The Morgan fingerprint density at radius 2 is 1.65 bits per heavy atom. The molecule has 1 heterocycles. The van der Waals surface area contributed by atoms with E-state index in [0.29, 0.717) is 27.8 Å². The Hall–Kier alpha value is -2.33. The lowest BCUT2D eigenvalue weighted by Crippen LogP contribution is -2.37. The van der Waals surface area contributed by atoms with Gasteiger partial charge in [0.1, 0.15) is 0 Å². The predicted molar refractivity (Wildman–Crippen MR) is 105 cm³/mol. The summed E-state index contributed by atoms with van der Waals surface area (Å²) in [5.41, 5.74) is 2.64. The smallest absolute Gasteiger partial charge is 0.255 e. The number of nitrogens with zero attached hydrogens (tertiary/aromatic N) is 1. The van der Waals surface area contributed by atoms with Gasteiger partial charge in [0.2, 0.25) is 0 Å². The van der Waals surface area contributed by atoms with Gasteiger partial charge in [-0.05, 0) is 67.6 Å². The van der Waals surface area contributed by atoms with Gasteiger partial charge in [-0.2, -0.15) is 0 Å². The Balaban J connectivity index is 1.68. The van der Waals surface area contributed by atoms with Gasteiger partial charge < -0.3 is 10.2 Å². The number of anilines is 1.